The molecule has 1 aromatic heterocycles. The van der Waals surface area contributed by atoms with Crippen molar-refractivity contribution in [3.05, 3.63) is 76.6 Å². The van der Waals surface area contributed by atoms with Crippen molar-refractivity contribution in [1.29, 1.82) is 0 Å². The van der Waals surface area contributed by atoms with E-state index in [1.165, 1.54) is 31.0 Å². The Morgan fingerprint density at radius 2 is 1.77 bits per heavy atom. The first-order valence-electron chi connectivity index (χ1n) is 9.86. The van der Waals surface area contributed by atoms with Crippen molar-refractivity contribution in [1.82, 2.24) is 15.1 Å². The van der Waals surface area contributed by atoms with Gasteiger partial charge < -0.3 is 10.2 Å². The van der Waals surface area contributed by atoms with E-state index in [4.69, 9.17) is 11.6 Å². The Morgan fingerprint density at radius 1 is 1.06 bits per heavy atom. The number of aromatic nitrogens is 2. The second kappa shape index (κ2) is 8.63. The molecule has 0 saturated carbocycles. The van der Waals surface area contributed by atoms with E-state index < -0.39 is 23.3 Å². The van der Waals surface area contributed by atoms with Gasteiger partial charge in [0.25, 0.3) is 5.91 Å². The summed E-state index contributed by atoms with van der Waals surface area (Å²) >= 11 is 5.90. The maximum absolute atomic E-state index is 13.8. The number of nitrogens with one attached hydrogen (secondary N) is 1. The van der Waals surface area contributed by atoms with Gasteiger partial charge in [-0.15, -0.1) is 0 Å². The lowest BCUT2D eigenvalue weighted by molar-refractivity contribution is -0.143. The van der Waals surface area contributed by atoms with Crippen LogP contribution in [0.3, 0.4) is 0 Å². The van der Waals surface area contributed by atoms with Gasteiger partial charge in [-0.2, -0.15) is 18.3 Å². The standard InChI is InChI=1S/C22H20ClF3N4O/c23-16-4-3-5-18(12-16)30-20(22(24,25)26)19(14-28-30)21(31)27-13-15-6-8-17(9-7-15)29-10-1-2-11-29/h3-9,12,14H,1-2,10-11,13H2,(H,27,31). The fourth-order valence-corrected chi connectivity index (χ4v) is 3.85. The Labute approximate surface area is 182 Å². The van der Waals surface area contributed by atoms with E-state index in [2.05, 4.69) is 15.3 Å². The molecule has 2 heterocycles. The number of alkyl halides is 3. The number of hydrogen-bond acceptors (Lipinski definition) is 3. The monoisotopic (exact) mass is 448 g/mol. The van der Waals surface area contributed by atoms with Crippen LogP contribution in [0, 0.1) is 0 Å². The highest BCUT2D eigenvalue weighted by Crippen LogP contribution is 2.34. The Morgan fingerprint density at radius 3 is 2.42 bits per heavy atom. The van der Waals surface area contributed by atoms with Crippen LogP contribution in [0.15, 0.2) is 54.7 Å². The number of carbonyl (C=O) groups excluding carboxylic acids is 1. The van der Waals surface area contributed by atoms with E-state index in [1.54, 1.807) is 6.07 Å². The zero-order valence-corrected chi connectivity index (χ0v) is 17.2. The van der Waals surface area contributed by atoms with Gasteiger partial charge in [0.2, 0.25) is 0 Å². The summed E-state index contributed by atoms with van der Waals surface area (Å²) in [4.78, 5) is 14.9. The SMILES string of the molecule is O=C(NCc1ccc(N2CCCC2)cc1)c1cnn(-c2cccc(Cl)c2)c1C(F)(F)F. The van der Waals surface area contributed by atoms with Gasteiger partial charge in [0.05, 0.1) is 17.4 Å². The van der Waals surface area contributed by atoms with E-state index in [0.717, 1.165) is 30.5 Å². The van der Waals surface area contributed by atoms with Crippen molar-refractivity contribution in [2.45, 2.75) is 25.6 Å². The molecule has 1 N–H and O–H groups in total. The van der Waals surface area contributed by atoms with E-state index in [-0.39, 0.29) is 17.3 Å². The molecule has 162 valence electrons. The average Bonchev–Trinajstić information content (AvgIpc) is 3.42. The molecular weight excluding hydrogens is 429 g/mol. The molecule has 0 aliphatic carbocycles. The molecule has 0 spiro atoms. The highest BCUT2D eigenvalue weighted by molar-refractivity contribution is 6.30. The molecule has 1 aliphatic rings. The number of benzene rings is 2. The summed E-state index contributed by atoms with van der Waals surface area (Å²) in [5.41, 5.74) is 0.344. The van der Waals surface area contributed by atoms with Crippen LogP contribution in [0.1, 0.15) is 34.5 Å². The number of halogens is 4. The number of amides is 1. The predicted molar refractivity (Wildman–Crippen MR) is 113 cm³/mol. The minimum atomic E-state index is -4.77. The largest absolute Gasteiger partial charge is 0.434 e. The fraction of sp³-hybridized carbons (Fsp3) is 0.273. The van der Waals surface area contributed by atoms with Gasteiger partial charge in [-0.1, -0.05) is 29.8 Å². The van der Waals surface area contributed by atoms with Gasteiger partial charge in [-0.25, -0.2) is 4.68 Å². The first kappa shape index (κ1) is 21.2. The Hall–Kier alpha value is -3.00. The summed E-state index contributed by atoms with van der Waals surface area (Å²) in [6.07, 6.45) is -1.51. The van der Waals surface area contributed by atoms with E-state index in [0.29, 0.717) is 4.68 Å². The number of anilines is 1. The van der Waals surface area contributed by atoms with Crippen LogP contribution in [-0.2, 0) is 12.7 Å². The maximum Gasteiger partial charge on any atom is 0.434 e. The summed E-state index contributed by atoms with van der Waals surface area (Å²) in [5, 5.41) is 6.63. The normalized spacial score (nSPS) is 14.1. The van der Waals surface area contributed by atoms with Gasteiger partial charge >= 0.3 is 6.18 Å². The quantitative estimate of drug-likeness (QED) is 0.592. The number of rotatable bonds is 5. The molecule has 1 saturated heterocycles. The van der Waals surface area contributed by atoms with Crippen molar-refractivity contribution in [2.24, 2.45) is 0 Å². The van der Waals surface area contributed by atoms with Crippen molar-refractivity contribution >= 4 is 23.2 Å². The molecule has 9 heteroatoms. The van der Waals surface area contributed by atoms with Crippen LogP contribution in [0.5, 0.6) is 0 Å². The lowest BCUT2D eigenvalue weighted by Crippen LogP contribution is -2.26. The number of hydrogen-bond donors (Lipinski definition) is 1. The number of carbonyl (C=O) groups is 1. The topological polar surface area (TPSA) is 50.2 Å². The molecule has 1 aliphatic heterocycles. The van der Waals surface area contributed by atoms with Gasteiger partial charge in [0, 0.05) is 30.3 Å². The van der Waals surface area contributed by atoms with Crippen molar-refractivity contribution < 1.29 is 18.0 Å². The molecule has 1 amide bonds. The van der Waals surface area contributed by atoms with Crippen LogP contribution in [0.2, 0.25) is 5.02 Å². The first-order valence-corrected chi connectivity index (χ1v) is 10.2. The molecule has 0 bridgehead atoms. The second-order valence-corrected chi connectivity index (χ2v) is 7.78. The molecule has 2 aromatic carbocycles. The zero-order chi connectivity index (χ0) is 22.0. The van der Waals surface area contributed by atoms with Gasteiger partial charge in [0.1, 0.15) is 0 Å². The molecule has 5 nitrogen and oxygen atoms in total. The van der Waals surface area contributed by atoms with E-state index >= 15 is 0 Å². The Balaban J connectivity index is 1.52. The lowest BCUT2D eigenvalue weighted by Gasteiger charge is -2.17. The minimum absolute atomic E-state index is 0.110. The molecule has 3 aromatic rings. The minimum Gasteiger partial charge on any atom is -0.372 e. The molecule has 31 heavy (non-hydrogen) atoms. The Bertz CT molecular complexity index is 1070. The molecular formula is C22H20ClF3N4O. The summed E-state index contributed by atoms with van der Waals surface area (Å²) in [5.74, 6) is -0.843. The van der Waals surface area contributed by atoms with Crippen LogP contribution in [-0.4, -0.2) is 28.8 Å². The second-order valence-electron chi connectivity index (χ2n) is 7.34. The van der Waals surface area contributed by atoms with Crippen molar-refractivity contribution in [2.75, 3.05) is 18.0 Å². The lowest BCUT2D eigenvalue weighted by atomic mass is 10.1. The Kier molecular flexibility index (Phi) is 5.91. The molecule has 0 unspecified atom stereocenters. The smallest absolute Gasteiger partial charge is 0.372 e. The average molecular weight is 449 g/mol. The summed E-state index contributed by atoms with van der Waals surface area (Å²) in [6, 6.07) is 13.5. The highest BCUT2D eigenvalue weighted by Gasteiger charge is 2.40. The van der Waals surface area contributed by atoms with Crippen LogP contribution < -0.4 is 10.2 Å². The summed E-state index contributed by atoms with van der Waals surface area (Å²) < 4.78 is 42.0. The zero-order valence-electron chi connectivity index (χ0n) is 16.5. The molecule has 0 atom stereocenters. The van der Waals surface area contributed by atoms with Crippen molar-refractivity contribution in [3.8, 4) is 5.69 Å². The fourth-order valence-electron chi connectivity index (χ4n) is 3.67. The van der Waals surface area contributed by atoms with E-state index in [1.807, 2.05) is 24.3 Å². The molecule has 4 rings (SSSR count). The highest BCUT2D eigenvalue weighted by atomic mass is 35.5. The summed E-state index contributed by atoms with van der Waals surface area (Å²) in [6.45, 7) is 2.15. The third-order valence-corrected chi connectivity index (χ3v) is 5.43. The van der Waals surface area contributed by atoms with Gasteiger partial charge in [-0.05, 0) is 48.7 Å². The van der Waals surface area contributed by atoms with Gasteiger partial charge in [-0.3, -0.25) is 4.79 Å². The van der Waals surface area contributed by atoms with Crippen LogP contribution in [0.4, 0.5) is 18.9 Å². The third-order valence-electron chi connectivity index (χ3n) is 5.20. The third kappa shape index (κ3) is 4.69. The maximum atomic E-state index is 13.8. The molecule has 1 fully saturated rings. The first-order chi connectivity index (χ1) is 14.8. The molecule has 0 radical (unpaired) electrons. The predicted octanol–water partition coefficient (Wildman–Crippen LogP) is 5.07. The van der Waals surface area contributed by atoms with Crippen LogP contribution in [0.25, 0.3) is 5.69 Å². The van der Waals surface area contributed by atoms with E-state index in [9.17, 15) is 18.0 Å². The van der Waals surface area contributed by atoms with Crippen LogP contribution >= 0.6 is 11.6 Å². The van der Waals surface area contributed by atoms with Gasteiger partial charge in [0.15, 0.2) is 5.69 Å². The number of nitrogens with zero attached hydrogens (tertiary/aromatic N) is 3. The summed E-state index contributed by atoms with van der Waals surface area (Å²) in [7, 11) is 0. The van der Waals surface area contributed by atoms with Crippen molar-refractivity contribution in [3.63, 3.8) is 0 Å².